The molecule has 130 valence electrons. The predicted octanol–water partition coefficient (Wildman–Crippen LogP) is 4.20. The summed E-state index contributed by atoms with van der Waals surface area (Å²) in [6.45, 7) is 11.7. The smallest absolute Gasteiger partial charge is 0.333 e. The minimum Gasteiger partial charge on any atom is -0.465 e. The van der Waals surface area contributed by atoms with Crippen LogP contribution in [0.1, 0.15) is 59.8 Å². The summed E-state index contributed by atoms with van der Waals surface area (Å²) in [6, 6.07) is 0. The molecule has 0 fully saturated rings. The molecule has 0 aromatic carbocycles. The molecule has 0 radical (unpaired) electrons. The van der Waals surface area contributed by atoms with Crippen LogP contribution in [-0.2, 0) is 19.1 Å². The molecule has 0 aromatic rings. The third kappa shape index (κ3) is 6.20. The van der Waals surface area contributed by atoms with Crippen LogP contribution in [0.25, 0.3) is 0 Å². The summed E-state index contributed by atoms with van der Waals surface area (Å²) in [4.78, 5) is 23.7. The maximum Gasteiger partial charge on any atom is 0.333 e. The lowest BCUT2D eigenvalue weighted by Gasteiger charge is -2.31. The maximum absolute atomic E-state index is 12.4. The summed E-state index contributed by atoms with van der Waals surface area (Å²) in [6.07, 6.45) is 7.04. The first-order valence-electron chi connectivity index (χ1n) is 8.46. The minimum absolute atomic E-state index is 0.0272. The first-order valence-corrected chi connectivity index (χ1v) is 8.46. The van der Waals surface area contributed by atoms with Crippen LogP contribution in [-0.4, -0.2) is 25.2 Å². The number of carbonyl (C=O) groups excluding carboxylic acids is 2. The second kappa shape index (κ2) is 8.90. The summed E-state index contributed by atoms with van der Waals surface area (Å²) in [7, 11) is 0. The maximum atomic E-state index is 12.4. The van der Waals surface area contributed by atoms with E-state index >= 15 is 0 Å². The molecule has 1 aliphatic rings. The van der Waals surface area contributed by atoms with Gasteiger partial charge < -0.3 is 9.47 Å². The Kier molecular flexibility index (Phi) is 7.53. The Bertz CT molecular complexity index is 478. The summed E-state index contributed by atoms with van der Waals surface area (Å²) in [5.41, 5.74) is 1.40. The highest BCUT2D eigenvalue weighted by Gasteiger charge is 2.36. The largest absolute Gasteiger partial charge is 0.465 e. The highest BCUT2D eigenvalue weighted by molar-refractivity contribution is 5.86. The third-order valence-electron chi connectivity index (χ3n) is 4.25. The number of allylic oxidation sites excluding steroid dienone is 2. The van der Waals surface area contributed by atoms with Crippen molar-refractivity contribution in [3.63, 3.8) is 0 Å². The van der Waals surface area contributed by atoms with Crippen LogP contribution < -0.4 is 0 Å². The van der Waals surface area contributed by atoms with Gasteiger partial charge in [0.05, 0.1) is 18.6 Å². The van der Waals surface area contributed by atoms with Crippen LogP contribution in [0.2, 0.25) is 0 Å². The summed E-state index contributed by atoms with van der Waals surface area (Å²) in [5, 5.41) is 0. The average Bonchev–Trinajstić information content (AvgIpc) is 2.52. The number of ether oxygens (including phenoxy) is 2. The number of hydrogen-bond donors (Lipinski definition) is 0. The van der Waals surface area contributed by atoms with Crippen molar-refractivity contribution in [2.24, 2.45) is 11.3 Å². The van der Waals surface area contributed by atoms with Gasteiger partial charge in [0, 0.05) is 11.5 Å². The van der Waals surface area contributed by atoms with Gasteiger partial charge in [0.2, 0.25) is 0 Å². The topological polar surface area (TPSA) is 52.6 Å². The number of carbonyl (C=O) groups is 2. The molecule has 4 nitrogen and oxygen atoms in total. The molecule has 0 bridgehead atoms. The molecular weight excluding hydrogens is 292 g/mol. The van der Waals surface area contributed by atoms with E-state index in [2.05, 4.69) is 19.6 Å². The second-order valence-electron chi connectivity index (χ2n) is 6.96. The molecule has 2 atom stereocenters. The zero-order valence-electron chi connectivity index (χ0n) is 14.9. The van der Waals surface area contributed by atoms with Crippen molar-refractivity contribution < 1.29 is 19.1 Å². The van der Waals surface area contributed by atoms with E-state index in [9.17, 15) is 9.59 Å². The lowest BCUT2D eigenvalue weighted by atomic mass is 9.76. The Morgan fingerprint density at radius 1 is 1.35 bits per heavy atom. The molecule has 0 N–H and O–H groups in total. The van der Waals surface area contributed by atoms with Gasteiger partial charge in [-0.05, 0) is 39.5 Å². The van der Waals surface area contributed by atoms with Crippen LogP contribution in [0.3, 0.4) is 0 Å². The van der Waals surface area contributed by atoms with Crippen LogP contribution in [0, 0.1) is 11.3 Å². The molecule has 0 amide bonds. The summed E-state index contributed by atoms with van der Waals surface area (Å²) < 4.78 is 10.5. The van der Waals surface area contributed by atoms with E-state index in [-0.39, 0.29) is 25.1 Å². The van der Waals surface area contributed by atoms with E-state index in [0.29, 0.717) is 5.57 Å². The fourth-order valence-electron chi connectivity index (χ4n) is 2.53. The molecule has 4 heteroatoms. The van der Waals surface area contributed by atoms with E-state index < -0.39 is 11.4 Å². The lowest BCUT2D eigenvalue weighted by Crippen LogP contribution is -2.33. The zero-order chi connectivity index (χ0) is 17.5. The van der Waals surface area contributed by atoms with Gasteiger partial charge in [-0.2, -0.15) is 0 Å². The normalized spacial score (nSPS) is 22.0. The van der Waals surface area contributed by atoms with E-state index in [4.69, 9.17) is 9.47 Å². The Morgan fingerprint density at radius 3 is 2.52 bits per heavy atom. The van der Waals surface area contributed by atoms with Crippen LogP contribution in [0.5, 0.6) is 0 Å². The Balaban J connectivity index is 2.38. The molecule has 1 unspecified atom stereocenters. The first-order chi connectivity index (χ1) is 10.8. The van der Waals surface area contributed by atoms with Crippen molar-refractivity contribution >= 4 is 11.9 Å². The van der Waals surface area contributed by atoms with Crippen LogP contribution in [0.4, 0.5) is 0 Å². The first kappa shape index (κ1) is 19.5. The molecule has 0 aliphatic heterocycles. The third-order valence-corrected chi connectivity index (χ3v) is 4.25. The van der Waals surface area contributed by atoms with Gasteiger partial charge in [0.1, 0.15) is 0 Å². The molecule has 1 rings (SSSR count). The molecule has 1 aliphatic carbocycles. The summed E-state index contributed by atoms with van der Waals surface area (Å²) >= 11 is 0. The SMILES string of the molecule is C=C(C)C(=O)OC[C@H](C)COC(=O)C1(C)CC=C(CCC)CC1. The highest BCUT2D eigenvalue weighted by Crippen LogP contribution is 2.37. The van der Waals surface area contributed by atoms with Crippen molar-refractivity contribution in [2.75, 3.05) is 13.2 Å². The molecule has 0 heterocycles. The van der Waals surface area contributed by atoms with Crippen molar-refractivity contribution in [1.82, 2.24) is 0 Å². The average molecular weight is 322 g/mol. The monoisotopic (exact) mass is 322 g/mol. The molecule has 0 saturated carbocycles. The van der Waals surface area contributed by atoms with Gasteiger partial charge in [-0.25, -0.2) is 4.79 Å². The van der Waals surface area contributed by atoms with E-state index in [1.54, 1.807) is 6.92 Å². The minimum atomic E-state index is -0.425. The van der Waals surface area contributed by atoms with Gasteiger partial charge in [0.25, 0.3) is 0 Å². The van der Waals surface area contributed by atoms with Gasteiger partial charge in [-0.3, -0.25) is 4.79 Å². The summed E-state index contributed by atoms with van der Waals surface area (Å²) in [5.74, 6) is -0.584. The molecule has 0 aromatic heterocycles. The number of rotatable bonds is 8. The van der Waals surface area contributed by atoms with Gasteiger partial charge in [-0.1, -0.05) is 38.5 Å². The van der Waals surface area contributed by atoms with Crippen molar-refractivity contribution in [3.8, 4) is 0 Å². The fourth-order valence-corrected chi connectivity index (χ4v) is 2.53. The number of hydrogen-bond acceptors (Lipinski definition) is 4. The van der Waals surface area contributed by atoms with Crippen molar-refractivity contribution in [2.45, 2.75) is 59.8 Å². The van der Waals surface area contributed by atoms with E-state index in [0.717, 1.165) is 32.1 Å². The quantitative estimate of drug-likeness (QED) is 0.382. The Labute approximate surface area is 139 Å². The van der Waals surface area contributed by atoms with Gasteiger partial charge in [0.15, 0.2) is 0 Å². The predicted molar refractivity (Wildman–Crippen MR) is 90.8 cm³/mol. The molecular formula is C19H30O4. The van der Waals surface area contributed by atoms with E-state index in [1.807, 2.05) is 13.8 Å². The fraction of sp³-hybridized carbons (Fsp3) is 0.684. The van der Waals surface area contributed by atoms with Crippen LogP contribution >= 0.6 is 0 Å². The van der Waals surface area contributed by atoms with E-state index in [1.165, 1.54) is 5.57 Å². The van der Waals surface area contributed by atoms with Crippen LogP contribution in [0.15, 0.2) is 23.8 Å². The standard InChI is InChI=1S/C19H30O4/c1-6-7-16-8-10-19(5,11-9-16)18(21)23-13-15(4)12-22-17(20)14(2)3/h8,15H,2,6-7,9-13H2,1,3-5H3/t15-,19?/m0/s1. The van der Waals surface area contributed by atoms with Gasteiger partial charge >= 0.3 is 11.9 Å². The second-order valence-corrected chi connectivity index (χ2v) is 6.96. The zero-order valence-corrected chi connectivity index (χ0v) is 14.9. The molecule has 0 spiro atoms. The van der Waals surface area contributed by atoms with Gasteiger partial charge in [-0.15, -0.1) is 0 Å². The number of esters is 2. The van der Waals surface area contributed by atoms with Crippen molar-refractivity contribution in [3.05, 3.63) is 23.8 Å². The van der Waals surface area contributed by atoms with Crippen molar-refractivity contribution in [1.29, 1.82) is 0 Å². The molecule has 0 saturated heterocycles. The Hall–Kier alpha value is -1.58. The highest BCUT2D eigenvalue weighted by atomic mass is 16.5. The Morgan fingerprint density at radius 2 is 2.00 bits per heavy atom. The molecule has 23 heavy (non-hydrogen) atoms. The lowest BCUT2D eigenvalue weighted by molar-refractivity contribution is -0.157.